The summed E-state index contributed by atoms with van der Waals surface area (Å²) in [4.78, 5) is 19.3. The first-order chi connectivity index (χ1) is 16.1. The zero-order valence-corrected chi connectivity index (χ0v) is 18.0. The number of hydrogen-bond donors (Lipinski definition) is 2. The van der Waals surface area contributed by atoms with Gasteiger partial charge < -0.3 is 15.3 Å². The van der Waals surface area contributed by atoms with E-state index in [0.29, 0.717) is 12.1 Å². The Balaban J connectivity index is 1.48. The third kappa shape index (κ3) is 4.20. The number of aromatic nitrogens is 1. The van der Waals surface area contributed by atoms with E-state index >= 15 is 0 Å². The van der Waals surface area contributed by atoms with Crippen molar-refractivity contribution in [2.45, 2.75) is 24.9 Å². The number of halogens is 1. The van der Waals surface area contributed by atoms with Crippen molar-refractivity contribution in [1.29, 1.82) is 0 Å². The zero-order valence-electron chi connectivity index (χ0n) is 18.0. The lowest BCUT2D eigenvalue weighted by Gasteiger charge is -2.39. The number of carbonyl (C=O) groups is 1. The lowest BCUT2D eigenvalue weighted by Crippen LogP contribution is -2.43. The molecule has 5 rings (SSSR count). The molecule has 2 aliphatic rings. The van der Waals surface area contributed by atoms with Crippen LogP contribution in [0.2, 0.25) is 0 Å². The topological polar surface area (TPSA) is 65.5 Å². The standard InChI is InChI=1S/C27H24FN3O2/c28-23-6-2-1-5-20(23)9-7-18-8-10-24-22(14-18)27-21(25(17-32)30-24)11-13-31(27)26(33)15-19-4-3-12-29-16-19/h1-6,8,10,12,14,16,21,25,27,30,32H,11,13,15,17H2/t21-,25-,27-/m1/s1. The molecule has 6 heteroatoms. The van der Waals surface area contributed by atoms with E-state index in [9.17, 15) is 14.3 Å². The summed E-state index contributed by atoms with van der Waals surface area (Å²) in [6.07, 6.45) is 4.51. The Kier molecular flexibility index (Phi) is 5.80. The van der Waals surface area contributed by atoms with E-state index in [1.54, 1.807) is 30.6 Å². The molecule has 5 nitrogen and oxygen atoms in total. The molecule has 1 saturated heterocycles. The highest BCUT2D eigenvalue weighted by Gasteiger charge is 2.45. The van der Waals surface area contributed by atoms with Gasteiger partial charge in [-0.25, -0.2) is 4.39 Å². The van der Waals surface area contributed by atoms with Gasteiger partial charge in [0.15, 0.2) is 0 Å². The first-order valence-corrected chi connectivity index (χ1v) is 11.1. The fraction of sp³-hybridized carbons (Fsp3) is 0.259. The van der Waals surface area contributed by atoms with E-state index in [-0.39, 0.29) is 42.8 Å². The van der Waals surface area contributed by atoms with Gasteiger partial charge in [0, 0.05) is 36.1 Å². The lowest BCUT2D eigenvalue weighted by molar-refractivity contribution is -0.131. The molecule has 2 N–H and O–H groups in total. The number of rotatable bonds is 3. The molecule has 2 aromatic carbocycles. The summed E-state index contributed by atoms with van der Waals surface area (Å²) in [7, 11) is 0. The molecule has 0 spiro atoms. The zero-order chi connectivity index (χ0) is 22.8. The van der Waals surface area contributed by atoms with E-state index in [4.69, 9.17) is 0 Å². The van der Waals surface area contributed by atoms with E-state index in [1.807, 2.05) is 35.2 Å². The SMILES string of the molecule is O=C(Cc1cccnc1)N1CC[C@@H]2[C@@H](CO)Nc3ccc(C#Cc4ccccc4F)cc3[C@@H]21. The van der Waals surface area contributed by atoms with Gasteiger partial charge in [0.25, 0.3) is 0 Å². The number of nitrogens with zero attached hydrogens (tertiary/aromatic N) is 2. The number of likely N-dealkylation sites (tertiary alicyclic amines) is 1. The number of aliphatic hydroxyl groups excluding tert-OH is 1. The second-order valence-electron chi connectivity index (χ2n) is 8.49. The highest BCUT2D eigenvalue weighted by atomic mass is 19.1. The van der Waals surface area contributed by atoms with Crippen molar-refractivity contribution in [1.82, 2.24) is 9.88 Å². The summed E-state index contributed by atoms with van der Waals surface area (Å²) in [6.45, 7) is 0.636. The molecule has 33 heavy (non-hydrogen) atoms. The number of hydrogen-bond acceptors (Lipinski definition) is 4. The molecule has 0 bridgehead atoms. The molecule has 0 unspecified atom stereocenters. The number of amides is 1. The van der Waals surface area contributed by atoms with Crippen molar-refractivity contribution < 1.29 is 14.3 Å². The number of pyridine rings is 1. The minimum Gasteiger partial charge on any atom is -0.394 e. The van der Waals surface area contributed by atoms with Gasteiger partial charge in [0.05, 0.1) is 30.7 Å². The van der Waals surface area contributed by atoms with Crippen LogP contribution in [-0.2, 0) is 11.2 Å². The van der Waals surface area contributed by atoms with Crippen molar-refractivity contribution in [2.24, 2.45) is 5.92 Å². The predicted octanol–water partition coefficient (Wildman–Crippen LogP) is 3.54. The van der Waals surface area contributed by atoms with Gasteiger partial charge in [-0.15, -0.1) is 0 Å². The minimum absolute atomic E-state index is 0.0000828. The van der Waals surface area contributed by atoms with E-state index in [0.717, 1.165) is 28.8 Å². The monoisotopic (exact) mass is 441 g/mol. The van der Waals surface area contributed by atoms with Crippen LogP contribution in [-0.4, -0.2) is 40.1 Å². The number of benzene rings is 2. The van der Waals surface area contributed by atoms with Crippen molar-refractivity contribution in [3.05, 3.63) is 95.1 Å². The smallest absolute Gasteiger partial charge is 0.227 e. The molecule has 2 aliphatic heterocycles. The van der Waals surface area contributed by atoms with E-state index in [2.05, 4.69) is 22.1 Å². The third-order valence-corrected chi connectivity index (χ3v) is 6.48. The quantitative estimate of drug-likeness (QED) is 0.611. The van der Waals surface area contributed by atoms with Gasteiger partial charge in [-0.2, -0.15) is 0 Å². The van der Waals surface area contributed by atoms with E-state index in [1.165, 1.54) is 6.07 Å². The van der Waals surface area contributed by atoms with Gasteiger partial charge in [-0.05, 0) is 53.9 Å². The number of anilines is 1. The second kappa shape index (κ2) is 9.05. The number of carbonyl (C=O) groups excluding carboxylic acids is 1. The molecule has 0 aliphatic carbocycles. The van der Waals surface area contributed by atoms with Crippen molar-refractivity contribution >= 4 is 11.6 Å². The fourth-order valence-electron chi connectivity index (χ4n) is 4.90. The average Bonchev–Trinajstić information content (AvgIpc) is 3.29. The van der Waals surface area contributed by atoms with Crippen LogP contribution in [0.1, 0.15) is 34.7 Å². The van der Waals surface area contributed by atoms with Crippen LogP contribution >= 0.6 is 0 Å². The maximum atomic E-state index is 14.0. The maximum absolute atomic E-state index is 14.0. The van der Waals surface area contributed by atoms with Crippen LogP contribution in [0.15, 0.2) is 67.0 Å². The summed E-state index contributed by atoms with van der Waals surface area (Å²) in [6, 6.07) is 15.7. The highest BCUT2D eigenvalue weighted by molar-refractivity contribution is 5.80. The molecular weight excluding hydrogens is 417 g/mol. The number of aliphatic hydroxyl groups is 1. The number of fused-ring (bicyclic) bond motifs is 3. The lowest BCUT2D eigenvalue weighted by atomic mass is 9.82. The van der Waals surface area contributed by atoms with Crippen LogP contribution in [0.5, 0.6) is 0 Å². The third-order valence-electron chi connectivity index (χ3n) is 6.48. The fourth-order valence-corrected chi connectivity index (χ4v) is 4.90. The van der Waals surface area contributed by atoms with Crippen LogP contribution in [0.4, 0.5) is 10.1 Å². The molecule has 3 aromatic rings. The molecule has 1 fully saturated rings. The van der Waals surface area contributed by atoms with Crippen molar-refractivity contribution in [3.63, 3.8) is 0 Å². The Labute approximate surface area is 192 Å². The van der Waals surface area contributed by atoms with Gasteiger partial charge in [0.1, 0.15) is 5.82 Å². The van der Waals surface area contributed by atoms with Gasteiger partial charge >= 0.3 is 0 Å². The molecule has 3 atom stereocenters. The van der Waals surface area contributed by atoms with Gasteiger partial charge in [-0.1, -0.05) is 30.0 Å². The Morgan fingerprint density at radius 3 is 2.85 bits per heavy atom. The molecule has 0 saturated carbocycles. The number of nitrogens with one attached hydrogen (secondary N) is 1. The Hall–Kier alpha value is -3.69. The summed E-state index contributed by atoms with van der Waals surface area (Å²) < 4.78 is 14.0. The minimum atomic E-state index is -0.349. The van der Waals surface area contributed by atoms with Crippen molar-refractivity contribution in [2.75, 3.05) is 18.5 Å². The summed E-state index contributed by atoms with van der Waals surface area (Å²) in [5.74, 6) is 5.77. The average molecular weight is 442 g/mol. The van der Waals surface area contributed by atoms with Gasteiger partial charge in [0.2, 0.25) is 5.91 Å². The summed E-state index contributed by atoms with van der Waals surface area (Å²) >= 11 is 0. The largest absolute Gasteiger partial charge is 0.394 e. The predicted molar refractivity (Wildman–Crippen MR) is 124 cm³/mol. The maximum Gasteiger partial charge on any atom is 0.227 e. The Morgan fingerprint density at radius 2 is 2.06 bits per heavy atom. The van der Waals surface area contributed by atoms with E-state index < -0.39 is 0 Å². The van der Waals surface area contributed by atoms with Crippen LogP contribution in [0.25, 0.3) is 0 Å². The normalized spacial score (nSPS) is 20.8. The first kappa shape index (κ1) is 21.2. The highest BCUT2D eigenvalue weighted by Crippen LogP contribution is 2.46. The molecule has 3 heterocycles. The molecular formula is C27H24FN3O2. The van der Waals surface area contributed by atoms with Crippen LogP contribution < -0.4 is 5.32 Å². The van der Waals surface area contributed by atoms with Crippen LogP contribution in [0.3, 0.4) is 0 Å². The second-order valence-corrected chi connectivity index (χ2v) is 8.49. The molecule has 166 valence electrons. The summed E-state index contributed by atoms with van der Waals surface area (Å²) in [5, 5.41) is 13.4. The first-order valence-electron chi connectivity index (χ1n) is 11.1. The summed E-state index contributed by atoms with van der Waals surface area (Å²) in [5.41, 5.74) is 3.87. The molecule has 1 amide bonds. The molecule has 1 aromatic heterocycles. The van der Waals surface area contributed by atoms with Crippen LogP contribution in [0, 0.1) is 23.6 Å². The van der Waals surface area contributed by atoms with Crippen molar-refractivity contribution in [3.8, 4) is 11.8 Å². The Bertz CT molecular complexity index is 1230. The Morgan fingerprint density at radius 1 is 1.18 bits per heavy atom. The van der Waals surface area contributed by atoms with Gasteiger partial charge in [-0.3, -0.25) is 9.78 Å². The molecule has 0 radical (unpaired) electrons.